The van der Waals surface area contributed by atoms with Crippen molar-refractivity contribution in [3.63, 3.8) is 0 Å². The molecule has 0 aromatic rings. The fourth-order valence-corrected chi connectivity index (χ4v) is 1.61. The fraction of sp³-hybridized carbons (Fsp3) is 0.769. The molecule has 88 valence electrons. The molecule has 0 rings (SSSR count). The van der Waals surface area contributed by atoms with Crippen LogP contribution in [0.2, 0.25) is 0 Å². The SMILES string of the molecule is C=C(CC(CC)CCCC)C(=O)OCC. The summed E-state index contributed by atoms with van der Waals surface area (Å²) in [5, 5.41) is 0. The number of ether oxygens (including phenoxy) is 1. The molecule has 0 aliphatic heterocycles. The second-order valence-electron chi connectivity index (χ2n) is 3.94. The molecule has 0 aromatic heterocycles. The molecule has 0 aliphatic rings. The van der Waals surface area contributed by atoms with Gasteiger partial charge in [0.2, 0.25) is 0 Å². The number of unbranched alkanes of at least 4 members (excludes halogenated alkanes) is 1. The monoisotopic (exact) mass is 212 g/mol. The van der Waals surface area contributed by atoms with Crippen LogP contribution in [-0.4, -0.2) is 12.6 Å². The highest BCUT2D eigenvalue weighted by molar-refractivity contribution is 5.87. The average molecular weight is 212 g/mol. The van der Waals surface area contributed by atoms with E-state index in [4.69, 9.17) is 4.74 Å². The number of carbonyl (C=O) groups is 1. The third kappa shape index (κ3) is 6.32. The van der Waals surface area contributed by atoms with Crippen LogP contribution in [0.5, 0.6) is 0 Å². The molecule has 0 aromatic carbocycles. The lowest BCUT2D eigenvalue weighted by Gasteiger charge is -2.15. The van der Waals surface area contributed by atoms with Gasteiger partial charge in [0.25, 0.3) is 0 Å². The van der Waals surface area contributed by atoms with Gasteiger partial charge in [-0.1, -0.05) is 46.1 Å². The zero-order valence-corrected chi connectivity index (χ0v) is 10.3. The first-order chi connectivity index (χ1) is 7.15. The first-order valence-corrected chi connectivity index (χ1v) is 6.00. The van der Waals surface area contributed by atoms with Gasteiger partial charge in [-0.25, -0.2) is 4.79 Å². The van der Waals surface area contributed by atoms with Gasteiger partial charge in [0.15, 0.2) is 0 Å². The van der Waals surface area contributed by atoms with Gasteiger partial charge in [-0.05, 0) is 19.3 Å². The van der Waals surface area contributed by atoms with Gasteiger partial charge >= 0.3 is 5.97 Å². The third-order valence-corrected chi connectivity index (χ3v) is 2.64. The largest absolute Gasteiger partial charge is 0.463 e. The van der Waals surface area contributed by atoms with E-state index in [0.29, 0.717) is 18.1 Å². The lowest BCUT2D eigenvalue weighted by molar-refractivity contribution is -0.138. The van der Waals surface area contributed by atoms with Crippen LogP contribution in [0.1, 0.15) is 52.9 Å². The first kappa shape index (κ1) is 14.2. The van der Waals surface area contributed by atoms with Crippen molar-refractivity contribution >= 4 is 5.97 Å². The lowest BCUT2D eigenvalue weighted by Crippen LogP contribution is -2.10. The highest BCUT2D eigenvalue weighted by Crippen LogP contribution is 2.20. The molecule has 0 spiro atoms. The molecule has 0 fully saturated rings. The molecule has 15 heavy (non-hydrogen) atoms. The van der Waals surface area contributed by atoms with Crippen LogP contribution in [0.25, 0.3) is 0 Å². The Bertz CT molecular complexity index is 197. The molecule has 1 unspecified atom stereocenters. The lowest BCUT2D eigenvalue weighted by atomic mass is 9.92. The Morgan fingerprint density at radius 3 is 2.47 bits per heavy atom. The standard InChI is InChI=1S/C13H24O2/c1-5-8-9-12(6-2)10-11(4)13(14)15-7-3/h12H,4-10H2,1-3H3. The van der Waals surface area contributed by atoms with Gasteiger partial charge in [-0.2, -0.15) is 0 Å². The van der Waals surface area contributed by atoms with Crippen molar-refractivity contribution in [3.05, 3.63) is 12.2 Å². The minimum Gasteiger partial charge on any atom is -0.463 e. The minimum absolute atomic E-state index is 0.229. The summed E-state index contributed by atoms with van der Waals surface area (Å²) < 4.78 is 4.92. The van der Waals surface area contributed by atoms with Gasteiger partial charge in [0.1, 0.15) is 0 Å². The zero-order valence-electron chi connectivity index (χ0n) is 10.3. The molecule has 0 aliphatic carbocycles. The molecule has 1 atom stereocenters. The summed E-state index contributed by atoms with van der Waals surface area (Å²) in [4.78, 5) is 11.3. The summed E-state index contributed by atoms with van der Waals surface area (Å²) in [6, 6.07) is 0. The minimum atomic E-state index is -0.229. The van der Waals surface area contributed by atoms with Crippen LogP contribution >= 0.6 is 0 Å². The maximum Gasteiger partial charge on any atom is 0.333 e. The second kappa shape index (κ2) is 8.51. The molecule has 2 nitrogen and oxygen atoms in total. The molecule has 2 heteroatoms. The Labute approximate surface area is 93.7 Å². The highest BCUT2D eigenvalue weighted by atomic mass is 16.5. The van der Waals surface area contributed by atoms with Crippen molar-refractivity contribution < 1.29 is 9.53 Å². The Balaban J connectivity index is 3.94. The van der Waals surface area contributed by atoms with Crippen molar-refractivity contribution in [1.82, 2.24) is 0 Å². The van der Waals surface area contributed by atoms with Crippen molar-refractivity contribution in [2.45, 2.75) is 52.9 Å². The Morgan fingerprint density at radius 2 is 2.00 bits per heavy atom. The van der Waals surface area contributed by atoms with Crippen molar-refractivity contribution in [2.24, 2.45) is 5.92 Å². The van der Waals surface area contributed by atoms with E-state index in [2.05, 4.69) is 20.4 Å². The van der Waals surface area contributed by atoms with E-state index in [0.717, 1.165) is 12.8 Å². The van der Waals surface area contributed by atoms with Crippen LogP contribution in [-0.2, 0) is 9.53 Å². The Kier molecular flexibility index (Phi) is 8.06. The molecule has 0 bridgehead atoms. The van der Waals surface area contributed by atoms with Crippen LogP contribution in [0.4, 0.5) is 0 Å². The smallest absolute Gasteiger partial charge is 0.333 e. The zero-order chi connectivity index (χ0) is 11.7. The van der Waals surface area contributed by atoms with E-state index in [1.165, 1.54) is 19.3 Å². The number of hydrogen-bond acceptors (Lipinski definition) is 2. The number of rotatable bonds is 8. The number of carbonyl (C=O) groups excluding carboxylic acids is 1. The van der Waals surface area contributed by atoms with Crippen molar-refractivity contribution in [2.75, 3.05) is 6.61 Å². The van der Waals surface area contributed by atoms with E-state index in [9.17, 15) is 4.79 Å². The van der Waals surface area contributed by atoms with Gasteiger partial charge in [-0.3, -0.25) is 0 Å². The fourth-order valence-electron chi connectivity index (χ4n) is 1.61. The van der Waals surface area contributed by atoms with Gasteiger partial charge in [-0.15, -0.1) is 0 Å². The molecule has 0 saturated heterocycles. The van der Waals surface area contributed by atoms with E-state index >= 15 is 0 Å². The quantitative estimate of drug-likeness (QED) is 0.453. The predicted octanol–water partition coefficient (Wildman–Crippen LogP) is 3.71. The predicted molar refractivity (Wildman–Crippen MR) is 63.7 cm³/mol. The molecular weight excluding hydrogens is 188 g/mol. The molecule has 0 radical (unpaired) electrons. The summed E-state index contributed by atoms with van der Waals surface area (Å²) in [5.74, 6) is 0.356. The third-order valence-electron chi connectivity index (χ3n) is 2.64. The Hall–Kier alpha value is -0.790. The summed E-state index contributed by atoms with van der Waals surface area (Å²) in [6.07, 6.45) is 5.52. The van der Waals surface area contributed by atoms with E-state index < -0.39 is 0 Å². The normalized spacial score (nSPS) is 12.2. The summed E-state index contributed by atoms with van der Waals surface area (Å²) in [5.41, 5.74) is 0.625. The summed E-state index contributed by atoms with van der Waals surface area (Å²) in [7, 11) is 0. The Morgan fingerprint density at radius 1 is 1.33 bits per heavy atom. The van der Waals surface area contributed by atoms with Gasteiger partial charge in [0, 0.05) is 5.57 Å². The second-order valence-corrected chi connectivity index (χ2v) is 3.94. The van der Waals surface area contributed by atoms with E-state index in [1.54, 1.807) is 0 Å². The highest BCUT2D eigenvalue weighted by Gasteiger charge is 2.13. The van der Waals surface area contributed by atoms with Gasteiger partial charge in [0.05, 0.1) is 6.61 Å². The molecule has 0 amide bonds. The van der Waals surface area contributed by atoms with E-state index in [-0.39, 0.29) is 5.97 Å². The number of hydrogen-bond donors (Lipinski definition) is 0. The maximum absolute atomic E-state index is 11.3. The maximum atomic E-state index is 11.3. The number of esters is 1. The van der Waals surface area contributed by atoms with Crippen LogP contribution < -0.4 is 0 Å². The van der Waals surface area contributed by atoms with Crippen LogP contribution in [0.3, 0.4) is 0 Å². The van der Waals surface area contributed by atoms with Crippen molar-refractivity contribution in [1.29, 1.82) is 0 Å². The first-order valence-electron chi connectivity index (χ1n) is 6.00. The van der Waals surface area contributed by atoms with E-state index in [1.807, 2.05) is 6.92 Å². The summed E-state index contributed by atoms with van der Waals surface area (Å²) in [6.45, 7) is 10.4. The molecule has 0 N–H and O–H groups in total. The molecule has 0 saturated carbocycles. The average Bonchev–Trinajstić information content (AvgIpc) is 2.24. The van der Waals surface area contributed by atoms with Crippen molar-refractivity contribution in [3.8, 4) is 0 Å². The van der Waals surface area contributed by atoms with Crippen LogP contribution in [0, 0.1) is 5.92 Å². The van der Waals surface area contributed by atoms with Gasteiger partial charge < -0.3 is 4.74 Å². The summed E-state index contributed by atoms with van der Waals surface area (Å²) >= 11 is 0. The van der Waals surface area contributed by atoms with Crippen LogP contribution in [0.15, 0.2) is 12.2 Å². The molecule has 0 heterocycles. The topological polar surface area (TPSA) is 26.3 Å². The molecular formula is C13H24O2.